The van der Waals surface area contributed by atoms with Gasteiger partial charge in [-0.15, -0.1) is 4.72 Å². The molecular formula is C12H19FN2OS. The van der Waals surface area contributed by atoms with E-state index in [1.165, 1.54) is 12.1 Å². The number of hydrogen-bond donors (Lipinski definition) is 2. The molecule has 0 aliphatic heterocycles. The number of anilines is 1. The Labute approximate surface area is 105 Å². The summed E-state index contributed by atoms with van der Waals surface area (Å²) in [5.74, 6) is -0.342. The van der Waals surface area contributed by atoms with Crippen LogP contribution in [0.4, 0.5) is 10.1 Å². The van der Waals surface area contributed by atoms with Crippen LogP contribution < -0.4 is 10.5 Å². The van der Waals surface area contributed by atoms with Crippen molar-refractivity contribution in [1.82, 2.24) is 4.72 Å². The Kier molecular flexibility index (Phi) is 4.41. The Bertz CT molecular complexity index is 393. The third-order valence-electron chi connectivity index (χ3n) is 2.33. The fourth-order valence-electron chi connectivity index (χ4n) is 1.29. The summed E-state index contributed by atoms with van der Waals surface area (Å²) < 4.78 is 28.0. The SMILES string of the molecule is CC(N[S@@+]([O-])C(C)(C)C)c1cc(N)ccc1F. The molecule has 5 heteroatoms. The molecule has 0 aromatic heterocycles. The maximum atomic E-state index is 13.6. The van der Waals surface area contributed by atoms with Crippen LogP contribution in [0.15, 0.2) is 18.2 Å². The summed E-state index contributed by atoms with van der Waals surface area (Å²) in [6, 6.07) is 4.04. The molecule has 0 radical (unpaired) electrons. The summed E-state index contributed by atoms with van der Waals surface area (Å²) in [6.07, 6.45) is 0. The highest BCUT2D eigenvalue weighted by Crippen LogP contribution is 2.23. The lowest BCUT2D eigenvalue weighted by atomic mass is 10.1. The van der Waals surface area contributed by atoms with E-state index < -0.39 is 11.4 Å². The highest BCUT2D eigenvalue weighted by molar-refractivity contribution is 7.90. The third-order valence-corrected chi connectivity index (χ3v) is 4.01. The molecule has 17 heavy (non-hydrogen) atoms. The summed E-state index contributed by atoms with van der Waals surface area (Å²) in [5, 5.41) is 0. The fraction of sp³-hybridized carbons (Fsp3) is 0.500. The molecule has 3 N–H and O–H groups in total. The molecule has 0 fully saturated rings. The van der Waals surface area contributed by atoms with Gasteiger partial charge in [-0.1, -0.05) is 0 Å². The molecule has 3 nitrogen and oxygen atoms in total. The van der Waals surface area contributed by atoms with Gasteiger partial charge in [0.1, 0.15) is 10.6 Å². The zero-order chi connectivity index (χ0) is 13.2. The van der Waals surface area contributed by atoms with Crippen LogP contribution >= 0.6 is 0 Å². The van der Waals surface area contributed by atoms with E-state index in [1.54, 1.807) is 13.0 Å². The zero-order valence-corrected chi connectivity index (χ0v) is 11.4. The van der Waals surface area contributed by atoms with Crippen molar-refractivity contribution in [3.8, 4) is 0 Å². The molecule has 1 aromatic carbocycles. The molecule has 1 aromatic rings. The second-order valence-corrected chi connectivity index (χ2v) is 7.00. The standard InChI is InChI=1S/C12H19FN2OS/c1-8(15-17(16)12(2,3)4)10-7-9(14)5-6-11(10)13/h5-8,15H,14H2,1-4H3/t8?,17-/m0/s1. The number of nitrogen functional groups attached to an aromatic ring is 1. The van der Waals surface area contributed by atoms with Gasteiger partial charge < -0.3 is 10.3 Å². The van der Waals surface area contributed by atoms with Crippen LogP contribution in [0.5, 0.6) is 0 Å². The lowest BCUT2D eigenvalue weighted by Gasteiger charge is -2.26. The summed E-state index contributed by atoms with van der Waals surface area (Å²) in [6.45, 7) is 7.34. The molecule has 0 amide bonds. The van der Waals surface area contributed by atoms with Gasteiger partial charge in [0.05, 0.1) is 6.04 Å². The number of nitrogens with one attached hydrogen (secondary N) is 1. The lowest BCUT2D eigenvalue weighted by molar-refractivity contribution is 0.522. The van der Waals surface area contributed by atoms with E-state index in [9.17, 15) is 8.94 Å². The Morgan fingerprint density at radius 3 is 2.53 bits per heavy atom. The van der Waals surface area contributed by atoms with Crippen molar-refractivity contribution in [2.45, 2.75) is 38.5 Å². The van der Waals surface area contributed by atoms with Crippen LogP contribution in [0.25, 0.3) is 0 Å². The number of halogens is 1. The van der Waals surface area contributed by atoms with E-state index >= 15 is 0 Å². The van der Waals surface area contributed by atoms with Gasteiger partial charge in [-0.3, -0.25) is 0 Å². The summed E-state index contributed by atoms with van der Waals surface area (Å²) >= 11 is -1.24. The van der Waals surface area contributed by atoms with Crippen LogP contribution in [0.2, 0.25) is 0 Å². The second-order valence-electron chi connectivity index (χ2n) is 5.00. The molecule has 0 saturated heterocycles. The normalized spacial score (nSPS) is 15.6. The summed E-state index contributed by atoms with van der Waals surface area (Å²) in [5.41, 5.74) is 6.54. The average molecular weight is 258 g/mol. The average Bonchev–Trinajstić information content (AvgIpc) is 2.20. The summed E-state index contributed by atoms with van der Waals surface area (Å²) in [4.78, 5) is 0. The van der Waals surface area contributed by atoms with E-state index in [4.69, 9.17) is 5.73 Å². The second kappa shape index (κ2) is 5.25. The molecule has 2 atom stereocenters. The Hall–Kier alpha value is -0.780. The maximum Gasteiger partial charge on any atom is 0.136 e. The molecule has 0 saturated carbocycles. The smallest absolute Gasteiger partial charge is 0.136 e. The Morgan fingerprint density at radius 1 is 1.41 bits per heavy atom. The van der Waals surface area contributed by atoms with Gasteiger partial charge in [-0.25, -0.2) is 4.39 Å². The Morgan fingerprint density at radius 2 is 2.00 bits per heavy atom. The van der Waals surface area contributed by atoms with E-state index in [0.29, 0.717) is 11.3 Å². The van der Waals surface area contributed by atoms with Gasteiger partial charge in [-0.2, -0.15) is 0 Å². The van der Waals surface area contributed by atoms with Crippen molar-refractivity contribution in [2.24, 2.45) is 0 Å². The van der Waals surface area contributed by atoms with Gasteiger partial charge in [0.25, 0.3) is 0 Å². The zero-order valence-electron chi connectivity index (χ0n) is 10.6. The molecule has 1 unspecified atom stereocenters. The van der Waals surface area contributed by atoms with Gasteiger partial charge in [-0.05, 0) is 45.9 Å². The van der Waals surface area contributed by atoms with E-state index in [1.807, 2.05) is 20.8 Å². The minimum absolute atomic E-state index is 0.342. The Balaban J connectivity index is 2.83. The first kappa shape index (κ1) is 14.3. The first-order valence-electron chi connectivity index (χ1n) is 5.45. The predicted octanol–water partition coefficient (Wildman–Crippen LogP) is 2.52. The predicted molar refractivity (Wildman–Crippen MR) is 70.3 cm³/mol. The molecule has 0 heterocycles. The summed E-state index contributed by atoms with van der Waals surface area (Å²) in [7, 11) is 0. The molecule has 1 rings (SSSR count). The molecule has 0 aliphatic rings. The topological polar surface area (TPSA) is 61.1 Å². The molecule has 0 aliphatic carbocycles. The highest BCUT2D eigenvalue weighted by Gasteiger charge is 2.29. The number of benzene rings is 1. The third kappa shape index (κ3) is 3.87. The van der Waals surface area contributed by atoms with Crippen molar-refractivity contribution < 1.29 is 8.94 Å². The highest BCUT2D eigenvalue weighted by atomic mass is 32.2. The van der Waals surface area contributed by atoms with Crippen LogP contribution in [-0.2, 0) is 11.4 Å². The van der Waals surface area contributed by atoms with Crippen molar-refractivity contribution in [3.63, 3.8) is 0 Å². The maximum absolute atomic E-state index is 13.6. The van der Waals surface area contributed by atoms with Crippen molar-refractivity contribution in [2.75, 3.05) is 5.73 Å². The minimum Gasteiger partial charge on any atom is -0.598 e. The van der Waals surface area contributed by atoms with Gasteiger partial charge in [0, 0.05) is 22.6 Å². The number of rotatable bonds is 3. The van der Waals surface area contributed by atoms with E-state index in [-0.39, 0.29) is 16.6 Å². The fourth-order valence-corrected chi connectivity index (χ4v) is 2.10. The van der Waals surface area contributed by atoms with Crippen molar-refractivity contribution >= 4 is 17.0 Å². The van der Waals surface area contributed by atoms with Gasteiger partial charge in [0.15, 0.2) is 0 Å². The molecular weight excluding hydrogens is 239 g/mol. The largest absolute Gasteiger partial charge is 0.598 e. The van der Waals surface area contributed by atoms with Crippen LogP contribution in [0, 0.1) is 5.82 Å². The first-order valence-corrected chi connectivity index (χ1v) is 6.60. The molecule has 0 spiro atoms. The van der Waals surface area contributed by atoms with Crippen LogP contribution in [-0.4, -0.2) is 9.30 Å². The van der Waals surface area contributed by atoms with E-state index in [0.717, 1.165) is 0 Å². The minimum atomic E-state index is -1.24. The lowest BCUT2D eigenvalue weighted by Crippen LogP contribution is -2.40. The quantitative estimate of drug-likeness (QED) is 0.647. The monoisotopic (exact) mass is 258 g/mol. The molecule has 96 valence electrons. The van der Waals surface area contributed by atoms with Crippen molar-refractivity contribution in [1.29, 1.82) is 0 Å². The van der Waals surface area contributed by atoms with E-state index in [2.05, 4.69) is 4.72 Å². The number of hydrogen-bond acceptors (Lipinski definition) is 3. The van der Waals surface area contributed by atoms with Crippen LogP contribution in [0.3, 0.4) is 0 Å². The van der Waals surface area contributed by atoms with Gasteiger partial charge in [0.2, 0.25) is 0 Å². The number of nitrogens with two attached hydrogens (primary N) is 1. The molecule has 0 bridgehead atoms. The van der Waals surface area contributed by atoms with Crippen molar-refractivity contribution in [3.05, 3.63) is 29.6 Å². The first-order chi connectivity index (χ1) is 7.71. The van der Waals surface area contributed by atoms with Gasteiger partial charge >= 0.3 is 0 Å². The van der Waals surface area contributed by atoms with Crippen LogP contribution in [0.1, 0.15) is 39.3 Å².